The molecule has 0 aliphatic rings. The molecule has 1 heterocycles. The summed E-state index contributed by atoms with van der Waals surface area (Å²) >= 11 is 3.48. The minimum atomic E-state index is 0.645. The minimum absolute atomic E-state index is 0.645. The molecule has 3 nitrogen and oxygen atoms in total. The standard InChI is InChI=1S/C15H11BrN2O/c16-12-6-2-4-8-14(12)18-15-11(9-19)10-5-1-3-7-13(10)17-15/h1-9,17-18H. The first kappa shape index (κ1) is 12.0. The lowest BCUT2D eigenvalue weighted by atomic mass is 10.2. The molecule has 19 heavy (non-hydrogen) atoms. The van der Waals surface area contributed by atoms with Crippen LogP contribution in [0.3, 0.4) is 0 Å². The number of anilines is 2. The van der Waals surface area contributed by atoms with Gasteiger partial charge in [-0.3, -0.25) is 4.79 Å². The zero-order chi connectivity index (χ0) is 13.2. The Hall–Kier alpha value is -2.07. The van der Waals surface area contributed by atoms with Crippen molar-refractivity contribution in [1.29, 1.82) is 0 Å². The van der Waals surface area contributed by atoms with E-state index in [0.29, 0.717) is 11.4 Å². The van der Waals surface area contributed by atoms with Gasteiger partial charge in [0.05, 0.1) is 11.3 Å². The van der Waals surface area contributed by atoms with Crippen molar-refractivity contribution >= 4 is 44.6 Å². The molecule has 94 valence electrons. The number of benzene rings is 2. The molecule has 3 aromatic rings. The predicted octanol–water partition coefficient (Wildman–Crippen LogP) is 4.49. The van der Waals surface area contributed by atoms with Crippen molar-refractivity contribution in [2.75, 3.05) is 5.32 Å². The van der Waals surface area contributed by atoms with E-state index in [0.717, 1.165) is 27.3 Å². The number of hydrogen-bond donors (Lipinski definition) is 2. The summed E-state index contributed by atoms with van der Waals surface area (Å²) in [4.78, 5) is 14.5. The van der Waals surface area contributed by atoms with Crippen LogP contribution in [0.25, 0.3) is 10.9 Å². The van der Waals surface area contributed by atoms with Crippen molar-refractivity contribution in [3.63, 3.8) is 0 Å². The SMILES string of the molecule is O=Cc1c(Nc2ccccc2Br)[nH]c2ccccc12. The number of aldehydes is 1. The maximum atomic E-state index is 11.3. The molecule has 0 radical (unpaired) electrons. The third kappa shape index (κ3) is 2.15. The predicted molar refractivity (Wildman–Crippen MR) is 81.1 cm³/mol. The molecule has 2 aromatic carbocycles. The van der Waals surface area contributed by atoms with Gasteiger partial charge in [-0.2, -0.15) is 0 Å². The maximum Gasteiger partial charge on any atom is 0.154 e. The third-order valence-electron chi connectivity index (χ3n) is 3.00. The highest BCUT2D eigenvalue weighted by Crippen LogP contribution is 2.30. The normalized spacial score (nSPS) is 10.6. The smallest absolute Gasteiger partial charge is 0.154 e. The Morgan fingerprint density at radius 2 is 1.79 bits per heavy atom. The van der Waals surface area contributed by atoms with Gasteiger partial charge in [0.2, 0.25) is 0 Å². The first-order valence-corrected chi connectivity index (χ1v) is 6.66. The quantitative estimate of drug-likeness (QED) is 0.700. The lowest BCUT2D eigenvalue weighted by Crippen LogP contribution is -1.94. The van der Waals surface area contributed by atoms with Crippen LogP contribution in [0.15, 0.2) is 53.0 Å². The summed E-state index contributed by atoms with van der Waals surface area (Å²) in [6, 6.07) is 15.5. The molecule has 0 aliphatic carbocycles. The van der Waals surface area contributed by atoms with E-state index in [1.54, 1.807) is 0 Å². The highest BCUT2D eigenvalue weighted by molar-refractivity contribution is 9.10. The molecule has 3 rings (SSSR count). The highest BCUT2D eigenvalue weighted by atomic mass is 79.9. The van der Waals surface area contributed by atoms with E-state index in [1.165, 1.54) is 0 Å². The van der Waals surface area contributed by atoms with Crippen LogP contribution >= 0.6 is 15.9 Å². The summed E-state index contributed by atoms with van der Waals surface area (Å²) in [6.07, 6.45) is 0.873. The molecule has 4 heteroatoms. The van der Waals surface area contributed by atoms with Crippen molar-refractivity contribution in [3.8, 4) is 0 Å². The number of para-hydroxylation sites is 2. The molecular formula is C15H11BrN2O. The van der Waals surface area contributed by atoms with Crippen molar-refractivity contribution in [2.45, 2.75) is 0 Å². The molecule has 0 fully saturated rings. The lowest BCUT2D eigenvalue weighted by Gasteiger charge is -2.06. The summed E-state index contributed by atoms with van der Waals surface area (Å²) in [5, 5.41) is 4.17. The van der Waals surface area contributed by atoms with Gasteiger partial charge in [0.1, 0.15) is 5.82 Å². The van der Waals surface area contributed by atoms with Crippen LogP contribution in [0.1, 0.15) is 10.4 Å². The van der Waals surface area contributed by atoms with Crippen molar-refractivity contribution in [1.82, 2.24) is 4.98 Å². The van der Waals surface area contributed by atoms with Crippen LogP contribution in [-0.2, 0) is 0 Å². The second-order valence-electron chi connectivity index (χ2n) is 4.18. The molecule has 1 aromatic heterocycles. The molecule has 0 unspecified atom stereocenters. The second kappa shape index (κ2) is 4.90. The van der Waals surface area contributed by atoms with E-state index in [4.69, 9.17) is 0 Å². The van der Waals surface area contributed by atoms with Gasteiger partial charge in [0.15, 0.2) is 6.29 Å². The Morgan fingerprint density at radius 1 is 1.05 bits per heavy atom. The van der Waals surface area contributed by atoms with Gasteiger partial charge in [-0.1, -0.05) is 30.3 Å². The number of aromatic amines is 1. The summed E-state index contributed by atoms with van der Waals surface area (Å²) in [6.45, 7) is 0. The Balaban J connectivity index is 2.10. The van der Waals surface area contributed by atoms with Crippen LogP contribution in [0.5, 0.6) is 0 Å². The number of carbonyl (C=O) groups is 1. The van der Waals surface area contributed by atoms with Crippen molar-refractivity contribution < 1.29 is 4.79 Å². The van der Waals surface area contributed by atoms with Crippen LogP contribution in [0.4, 0.5) is 11.5 Å². The summed E-state index contributed by atoms with van der Waals surface area (Å²) < 4.78 is 0.950. The molecule has 0 aliphatic heterocycles. The van der Waals surface area contributed by atoms with Gasteiger partial charge >= 0.3 is 0 Å². The van der Waals surface area contributed by atoms with Crippen molar-refractivity contribution in [2.24, 2.45) is 0 Å². The van der Waals surface area contributed by atoms with Gasteiger partial charge in [-0.15, -0.1) is 0 Å². The first-order chi connectivity index (χ1) is 9.29. The Labute approximate surface area is 118 Å². The fourth-order valence-electron chi connectivity index (χ4n) is 2.08. The number of H-pyrrole nitrogens is 1. The fraction of sp³-hybridized carbons (Fsp3) is 0. The van der Waals surface area contributed by atoms with Gasteiger partial charge in [0.25, 0.3) is 0 Å². The van der Waals surface area contributed by atoms with E-state index in [1.807, 2.05) is 48.5 Å². The Kier molecular flexibility index (Phi) is 3.09. The van der Waals surface area contributed by atoms with Crippen LogP contribution in [0.2, 0.25) is 0 Å². The maximum absolute atomic E-state index is 11.3. The molecule has 0 amide bonds. The fourth-order valence-corrected chi connectivity index (χ4v) is 2.47. The summed E-state index contributed by atoms with van der Waals surface area (Å²) in [7, 11) is 0. The lowest BCUT2D eigenvalue weighted by molar-refractivity contribution is 0.112. The average molecular weight is 315 g/mol. The minimum Gasteiger partial charge on any atom is -0.341 e. The Morgan fingerprint density at radius 3 is 2.58 bits per heavy atom. The number of hydrogen-bond acceptors (Lipinski definition) is 2. The molecule has 0 saturated heterocycles. The zero-order valence-electron chi connectivity index (χ0n) is 9.98. The zero-order valence-corrected chi connectivity index (χ0v) is 11.6. The molecule has 0 atom stereocenters. The summed E-state index contributed by atoms with van der Waals surface area (Å²) in [5.41, 5.74) is 2.50. The monoisotopic (exact) mass is 314 g/mol. The van der Waals surface area contributed by atoms with Gasteiger partial charge in [0, 0.05) is 15.4 Å². The number of nitrogens with one attached hydrogen (secondary N) is 2. The largest absolute Gasteiger partial charge is 0.341 e. The number of fused-ring (bicyclic) bond motifs is 1. The highest BCUT2D eigenvalue weighted by Gasteiger charge is 2.11. The average Bonchev–Trinajstić information content (AvgIpc) is 2.78. The molecular weight excluding hydrogens is 304 g/mol. The number of rotatable bonds is 3. The van der Waals surface area contributed by atoms with Crippen LogP contribution in [0, 0.1) is 0 Å². The van der Waals surface area contributed by atoms with E-state index < -0.39 is 0 Å². The van der Waals surface area contributed by atoms with E-state index >= 15 is 0 Å². The van der Waals surface area contributed by atoms with E-state index in [9.17, 15) is 4.79 Å². The summed E-state index contributed by atoms with van der Waals surface area (Å²) in [5.74, 6) is 0.711. The van der Waals surface area contributed by atoms with Gasteiger partial charge in [-0.25, -0.2) is 0 Å². The Bertz CT molecular complexity index is 749. The number of halogens is 1. The second-order valence-corrected chi connectivity index (χ2v) is 5.04. The number of carbonyl (C=O) groups excluding carboxylic acids is 1. The van der Waals surface area contributed by atoms with Gasteiger partial charge < -0.3 is 10.3 Å². The number of aromatic nitrogens is 1. The topological polar surface area (TPSA) is 44.9 Å². The van der Waals surface area contributed by atoms with Gasteiger partial charge in [-0.05, 0) is 34.1 Å². The molecule has 0 spiro atoms. The molecule has 0 saturated carbocycles. The first-order valence-electron chi connectivity index (χ1n) is 5.87. The van der Waals surface area contributed by atoms with E-state index in [2.05, 4.69) is 26.2 Å². The molecule has 2 N–H and O–H groups in total. The van der Waals surface area contributed by atoms with E-state index in [-0.39, 0.29) is 0 Å². The van der Waals surface area contributed by atoms with Crippen LogP contribution < -0.4 is 5.32 Å². The van der Waals surface area contributed by atoms with Crippen LogP contribution in [-0.4, -0.2) is 11.3 Å². The third-order valence-corrected chi connectivity index (χ3v) is 3.69. The van der Waals surface area contributed by atoms with Crippen molar-refractivity contribution in [3.05, 3.63) is 58.6 Å². The molecule has 0 bridgehead atoms.